The van der Waals surface area contributed by atoms with E-state index in [0.717, 1.165) is 19.4 Å². The lowest BCUT2D eigenvalue weighted by atomic mass is 9.99. The van der Waals surface area contributed by atoms with Crippen molar-refractivity contribution in [1.82, 2.24) is 10.2 Å². The third-order valence-corrected chi connectivity index (χ3v) is 4.85. The average molecular weight is 292 g/mol. The smallest absolute Gasteiger partial charge is 0.244 e. The van der Waals surface area contributed by atoms with Crippen molar-refractivity contribution in [3.8, 4) is 0 Å². The van der Waals surface area contributed by atoms with Crippen molar-refractivity contribution in [2.75, 3.05) is 12.8 Å². The minimum absolute atomic E-state index is 0.00306. The Morgan fingerprint density at radius 1 is 1.30 bits per heavy atom. The van der Waals surface area contributed by atoms with Crippen molar-refractivity contribution in [3.05, 3.63) is 29.8 Å². The summed E-state index contributed by atoms with van der Waals surface area (Å²) < 4.78 is 0. The van der Waals surface area contributed by atoms with Crippen LogP contribution in [0.4, 0.5) is 0 Å². The SMILES string of the molecule is CCCN1C(=O)C(C)(CC)NC1c1ccc(SC)cc1. The van der Waals surface area contributed by atoms with E-state index in [1.54, 1.807) is 11.8 Å². The van der Waals surface area contributed by atoms with E-state index in [-0.39, 0.29) is 12.1 Å². The number of nitrogens with one attached hydrogen (secondary N) is 1. The van der Waals surface area contributed by atoms with Crippen LogP contribution in [0.25, 0.3) is 0 Å². The van der Waals surface area contributed by atoms with Gasteiger partial charge in [-0.15, -0.1) is 11.8 Å². The van der Waals surface area contributed by atoms with Crippen LogP contribution in [0.2, 0.25) is 0 Å². The maximum atomic E-state index is 12.6. The average Bonchev–Trinajstić information content (AvgIpc) is 2.73. The number of benzene rings is 1. The van der Waals surface area contributed by atoms with Crippen LogP contribution in [0.5, 0.6) is 0 Å². The lowest BCUT2D eigenvalue weighted by Gasteiger charge is -2.24. The second kappa shape index (κ2) is 6.19. The zero-order valence-electron chi connectivity index (χ0n) is 12.8. The van der Waals surface area contributed by atoms with Crippen molar-refractivity contribution in [2.45, 2.75) is 50.2 Å². The third-order valence-electron chi connectivity index (χ3n) is 4.10. The lowest BCUT2D eigenvalue weighted by Crippen LogP contribution is -2.43. The van der Waals surface area contributed by atoms with Crippen molar-refractivity contribution in [3.63, 3.8) is 0 Å². The molecule has 110 valence electrons. The van der Waals surface area contributed by atoms with Crippen LogP contribution < -0.4 is 5.32 Å². The molecule has 1 saturated heterocycles. The zero-order chi connectivity index (χ0) is 14.8. The van der Waals surface area contributed by atoms with Crippen molar-refractivity contribution >= 4 is 17.7 Å². The van der Waals surface area contributed by atoms with Crippen LogP contribution in [-0.2, 0) is 4.79 Å². The maximum absolute atomic E-state index is 12.6. The summed E-state index contributed by atoms with van der Waals surface area (Å²) in [7, 11) is 0. The second-order valence-corrected chi connectivity index (χ2v) is 6.38. The van der Waals surface area contributed by atoms with Crippen LogP contribution in [0.3, 0.4) is 0 Å². The number of hydrogen-bond donors (Lipinski definition) is 1. The minimum Gasteiger partial charge on any atom is -0.321 e. The summed E-state index contributed by atoms with van der Waals surface area (Å²) in [6.45, 7) is 6.99. The Bertz CT molecular complexity index is 474. The minimum atomic E-state index is -0.433. The largest absolute Gasteiger partial charge is 0.321 e. The number of rotatable bonds is 5. The van der Waals surface area contributed by atoms with Gasteiger partial charge in [0.15, 0.2) is 0 Å². The van der Waals surface area contributed by atoms with E-state index in [1.807, 2.05) is 11.8 Å². The van der Waals surface area contributed by atoms with Gasteiger partial charge in [0.25, 0.3) is 0 Å². The summed E-state index contributed by atoms with van der Waals surface area (Å²) in [6, 6.07) is 8.50. The standard InChI is InChI=1S/C16H24N2OS/c1-5-11-18-14(17-16(3,6-2)15(18)19)12-7-9-13(20-4)10-8-12/h7-10,14,17H,5-6,11H2,1-4H3. The topological polar surface area (TPSA) is 32.3 Å². The van der Waals surface area contributed by atoms with Crippen LogP contribution in [0, 0.1) is 0 Å². The molecule has 4 heteroatoms. The molecule has 2 rings (SSSR count). The first kappa shape index (κ1) is 15.4. The number of nitrogens with zero attached hydrogens (tertiary/aromatic N) is 1. The van der Waals surface area contributed by atoms with Crippen LogP contribution in [0.15, 0.2) is 29.2 Å². The molecule has 1 amide bonds. The first-order valence-electron chi connectivity index (χ1n) is 7.28. The summed E-state index contributed by atoms with van der Waals surface area (Å²) in [4.78, 5) is 15.8. The highest BCUT2D eigenvalue weighted by molar-refractivity contribution is 7.98. The molecule has 1 N–H and O–H groups in total. The second-order valence-electron chi connectivity index (χ2n) is 5.50. The third kappa shape index (κ3) is 2.72. The number of carbonyl (C=O) groups is 1. The quantitative estimate of drug-likeness (QED) is 0.844. The number of amides is 1. The van der Waals surface area contributed by atoms with Crippen LogP contribution in [0.1, 0.15) is 45.3 Å². The summed E-state index contributed by atoms with van der Waals surface area (Å²) in [6.07, 6.45) is 3.87. The van der Waals surface area contributed by atoms with Gasteiger partial charge in [0.05, 0.1) is 5.54 Å². The fourth-order valence-corrected chi connectivity index (χ4v) is 3.06. The molecule has 2 atom stereocenters. The predicted octanol–water partition coefficient (Wildman–Crippen LogP) is 3.42. The van der Waals surface area contributed by atoms with Gasteiger partial charge in [0, 0.05) is 11.4 Å². The molecule has 3 nitrogen and oxygen atoms in total. The number of thioether (sulfide) groups is 1. The molecule has 20 heavy (non-hydrogen) atoms. The first-order valence-corrected chi connectivity index (χ1v) is 8.51. The summed E-state index contributed by atoms with van der Waals surface area (Å²) >= 11 is 1.73. The van der Waals surface area contributed by atoms with E-state index < -0.39 is 5.54 Å². The van der Waals surface area contributed by atoms with Gasteiger partial charge in [-0.3, -0.25) is 10.1 Å². The predicted molar refractivity (Wildman–Crippen MR) is 84.8 cm³/mol. The van der Waals surface area contributed by atoms with Gasteiger partial charge in [-0.2, -0.15) is 0 Å². The summed E-state index contributed by atoms with van der Waals surface area (Å²) in [5.74, 6) is 0.223. The molecule has 0 radical (unpaired) electrons. The Hall–Kier alpha value is -1.00. The Balaban J connectivity index is 2.30. The van der Waals surface area contributed by atoms with Crippen LogP contribution >= 0.6 is 11.8 Å². The van der Waals surface area contributed by atoms with E-state index >= 15 is 0 Å². The van der Waals surface area contributed by atoms with Gasteiger partial charge in [-0.05, 0) is 43.7 Å². The number of hydrogen-bond acceptors (Lipinski definition) is 3. The highest BCUT2D eigenvalue weighted by Gasteiger charge is 2.46. The highest BCUT2D eigenvalue weighted by atomic mass is 32.2. The molecule has 1 aromatic carbocycles. The molecule has 0 saturated carbocycles. The van der Waals surface area contributed by atoms with Crippen molar-refractivity contribution in [2.24, 2.45) is 0 Å². The lowest BCUT2D eigenvalue weighted by molar-refractivity contribution is -0.133. The Morgan fingerprint density at radius 2 is 1.95 bits per heavy atom. The van der Waals surface area contributed by atoms with Gasteiger partial charge < -0.3 is 4.90 Å². The molecule has 0 aliphatic carbocycles. The molecule has 2 unspecified atom stereocenters. The van der Waals surface area contributed by atoms with Crippen molar-refractivity contribution in [1.29, 1.82) is 0 Å². The van der Waals surface area contributed by atoms with Gasteiger partial charge in [0.1, 0.15) is 6.17 Å². The molecule has 1 aliphatic heterocycles. The van der Waals surface area contributed by atoms with Gasteiger partial charge >= 0.3 is 0 Å². The van der Waals surface area contributed by atoms with E-state index in [0.29, 0.717) is 0 Å². The molecule has 1 fully saturated rings. The zero-order valence-corrected chi connectivity index (χ0v) is 13.6. The van der Waals surface area contributed by atoms with Gasteiger partial charge in [-0.25, -0.2) is 0 Å². The molecule has 1 aliphatic rings. The summed E-state index contributed by atoms with van der Waals surface area (Å²) in [5, 5.41) is 3.53. The molecule has 1 heterocycles. The molecule has 0 aromatic heterocycles. The van der Waals surface area contributed by atoms with E-state index in [9.17, 15) is 4.79 Å². The van der Waals surface area contributed by atoms with E-state index in [1.165, 1.54) is 10.5 Å². The molecule has 1 aromatic rings. The van der Waals surface area contributed by atoms with Crippen molar-refractivity contribution < 1.29 is 4.79 Å². The Morgan fingerprint density at radius 3 is 2.45 bits per heavy atom. The molecular weight excluding hydrogens is 268 g/mol. The van der Waals surface area contributed by atoms with E-state index in [4.69, 9.17) is 0 Å². The number of carbonyl (C=O) groups excluding carboxylic acids is 1. The van der Waals surface area contributed by atoms with Crippen LogP contribution in [-0.4, -0.2) is 29.1 Å². The molecule has 0 bridgehead atoms. The molecule has 0 spiro atoms. The Labute approximate surface area is 126 Å². The monoisotopic (exact) mass is 292 g/mol. The van der Waals surface area contributed by atoms with Gasteiger partial charge in [-0.1, -0.05) is 26.0 Å². The fraction of sp³-hybridized carbons (Fsp3) is 0.562. The first-order chi connectivity index (χ1) is 9.55. The Kier molecular flexibility index (Phi) is 4.76. The fourth-order valence-electron chi connectivity index (χ4n) is 2.65. The summed E-state index contributed by atoms with van der Waals surface area (Å²) in [5.41, 5.74) is 0.736. The molecular formula is C16H24N2OS. The highest BCUT2D eigenvalue weighted by Crippen LogP contribution is 2.33. The van der Waals surface area contributed by atoms with Gasteiger partial charge in [0.2, 0.25) is 5.91 Å². The normalized spacial score (nSPS) is 26.3. The maximum Gasteiger partial charge on any atom is 0.244 e. The van der Waals surface area contributed by atoms with E-state index in [2.05, 4.69) is 49.7 Å².